The van der Waals surface area contributed by atoms with Gasteiger partial charge in [0, 0.05) is 0 Å². The van der Waals surface area contributed by atoms with Crippen LogP contribution >= 0.6 is 0 Å². The Morgan fingerprint density at radius 2 is 0.523 bits per heavy atom. The minimum absolute atomic E-state index is 0.376. The second-order valence-electron chi connectivity index (χ2n) is 21.1. The van der Waals surface area contributed by atoms with E-state index in [1.54, 1.807) is 0 Å². The Morgan fingerprint density at radius 1 is 0.323 bits per heavy atom. The number of hydrogen-bond donors (Lipinski definition) is 5. The zero-order valence-electron chi connectivity index (χ0n) is 44.3. The van der Waals surface area contributed by atoms with E-state index in [9.17, 15) is 25.2 Å². The van der Waals surface area contributed by atoms with E-state index >= 15 is 0 Å². The van der Waals surface area contributed by atoms with Crippen molar-refractivity contribution in [3.63, 3.8) is 0 Å². The smallest absolute Gasteiger partial charge is 0.249 e. The molecule has 4 unspecified atom stereocenters. The van der Waals surface area contributed by atoms with Gasteiger partial charge in [-0.25, -0.2) is 0 Å². The molecule has 4 atom stereocenters. The molecule has 0 rings (SSSR count). The van der Waals surface area contributed by atoms with Crippen LogP contribution in [0.25, 0.3) is 0 Å². The van der Waals surface area contributed by atoms with Crippen LogP contribution in [0.4, 0.5) is 0 Å². The largest absolute Gasteiger partial charge is 0.394 e. The highest BCUT2D eigenvalue weighted by molar-refractivity contribution is 5.80. The molecular weight excluding hydrogens is 803 g/mol. The third-order valence-electron chi connectivity index (χ3n) is 14.6. The number of aliphatic hydroxyl groups is 4. The van der Waals surface area contributed by atoms with Crippen molar-refractivity contribution >= 4 is 5.91 Å². The zero-order chi connectivity index (χ0) is 47.4. The Kier molecular flexibility index (Phi) is 53.7. The number of aliphatic hydroxyl groups excluding tert-OH is 4. The molecule has 65 heavy (non-hydrogen) atoms. The standard InChI is InChI=1S/C59H119NO5/c1-3-5-7-9-11-13-15-17-19-21-23-24-25-26-27-28-29-30-31-32-33-34-35-37-39-41-43-45-47-49-51-53-57(63)59(65)60-55(54-61)58(64)56(62)52-50-48-46-44-42-40-38-36-22-20-18-16-14-12-10-8-6-4-2/h55-58,61-64H,3-54H2,1-2H3,(H,60,65). The van der Waals surface area contributed by atoms with E-state index in [1.165, 1.54) is 276 Å². The van der Waals surface area contributed by atoms with Gasteiger partial charge in [0.15, 0.2) is 0 Å². The van der Waals surface area contributed by atoms with E-state index < -0.39 is 36.9 Å². The van der Waals surface area contributed by atoms with Crippen LogP contribution in [0.15, 0.2) is 0 Å². The van der Waals surface area contributed by atoms with Gasteiger partial charge in [-0.1, -0.05) is 328 Å². The average Bonchev–Trinajstić information content (AvgIpc) is 3.31. The number of nitrogens with one attached hydrogen (secondary N) is 1. The summed E-state index contributed by atoms with van der Waals surface area (Å²) in [6.07, 6.45) is 63.3. The first-order valence-electron chi connectivity index (χ1n) is 29.9. The van der Waals surface area contributed by atoms with Gasteiger partial charge in [-0.3, -0.25) is 4.79 Å². The van der Waals surface area contributed by atoms with Crippen LogP contribution in [-0.2, 0) is 4.79 Å². The third-order valence-corrected chi connectivity index (χ3v) is 14.6. The lowest BCUT2D eigenvalue weighted by molar-refractivity contribution is -0.132. The fourth-order valence-electron chi connectivity index (χ4n) is 9.88. The molecule has 6 heteroatoms. The molecule has 0 bridgehead atoms. The lowest BCUT2D eigenvalue weighted by atomic mass is 9.99. The van der Waals surface area contributed by atoms with Crippen LogP contribution in [0.2, 0.25) is 0 Å². The summed E-state index contributed by atoms with van der Waals surface area (Å²) in [5.41, 5.74) is 0. The monoisotopic (exact) mass is 922 g/mol. The summed E-state index contributed by atoms with van der Waals surface area (Å²) >= 11 is 0. The van der Waals surface area contributed by atoms with Crippen molar-refractivity contribution in [1.29, 1.82) is 0 Å². The van der Waals surface area contributed by atoms with Crippen molar-refractivity contribution in [1.82, 2.24) is 5.32 Å². The molecule has 5 N–H and O–H groups in total. The fraction of sp³-hybridized carbons (Fsp3) is 0.983. The Bertz CT molecular complexity index is 902. The minimum Gasteiger partial charge on any atom is -0.394 e. The predicted molar refractivity (Wildman–Crippen MR) is 284 cm³/mol. The Balaban J connectivity index is 3.53. The molecule has 0 heterocycles. The highest BCUT2D eigenvalue weighted by atomic mass is 16.3. The lowest BCUT2D eigenvalue weighted by Gasteiger charge is -2.27. The zero-order valence-corrected chi connectivity index (χ0v) is 44.3. The van der Waals surface area contributed by atoms with Crippen LogP contribution < -0.4 is 5.32 Å². The molecule has 0 radical (unpaired) electrons. The summed E-state index contributed by atoms with van der Waals surface area (Å²) in [5.74, 6) is -0.575. The first kappa shape index (κ1) is 64.3. The lowest BCUT2D eigenvalue weighted by Crippen LogP contribution is -2.53. The molecule has 0 spiro atoms. The summed E-state index contributed by atoms with van der Waals surface area (Å²) < 4.78 is 0. The molecule has 0 aromatic rings. The van der Waals surface area contributed by atoms with E-state index in [0.29, 0.717) is 12.8 Å². The van der Waals surface area contributed by atoms with Crippen LogP contribution in [-0.4, -0.2) is 57.3 Å². The van der Waals surface area contributed by atoms with E-state index in [-0.39, 0.29) is 0 Å². The molecule has 0 aromatic carbocycles. The first-order valence-corrected chi connectivity index (χ1v) is 29.9. The summed E-state index contributed by atoms with van der Waals surface area (Å²) in [4.78, 5) is 12.6. The van der Waals surface area contributed by atoms with Crippen LogP contribution in [0.5, 0.6) is 0 Å². The molecule has 0 aromatic heterocycles. The highest BCUT2D eigenvalue weighted by Gasteiger charge is 2.28. The second kappa shape index (κ2) is 54.3. The Labute approximate surface area is 407 Å². The van der Waals surface area contributed by atoms with Gasteiger partial charge in [0.05, 0.1) is 18.8 Å². The molecule has 6 nitrogen and oxygen atoms in total. The number of amides is 1. The normalized spacial score (nSPS) is 13.6. The number of rotatable bonds is 56. The number of carbonyl (C=O) groups is 1. The maximum absolute atomic E-state index is 12.6. The number of unbranched alkanes of at least 4 members (excludes halogenated alkanes) is 47. The quantitative estimate of drug-likeness (QED) is 0.0390. The second-order valence-corrected chi connectivity index (χ2v) is 21.1. The average molecular weight is 923 g/mol. The van der Waals surface area contributed by atoms with Gasteiger partial charge in [-0.2, -0.15) is 0 Å². The molecule has 390 valence electrons. The van der Waals surface area contributed by atoms with Gasteiger partial charge in [0.1, 0.15) is 12.2 Å². The van der Waals surface area contributed by atoms with Crippen LogP contribution in [0.1, 0.15) is 341 Å². The van der Waals surface area contributed by atoms with E-state index in [4.69, 9.17) is 0 Å². The van der Waals surface area contributed by atoms with Gasteiger partial charge in [0.2, 0.25) is 5.91 Å². The number of hydrogen-bond acceptors (Lipinski definition) is 5. The maximum Gasteiger partial charge on any atom is 0.249 e. The Hall–Kier alpha value is -0.690. The van der Waals surface area contributed by atoms with Crippen molar-refractivity contribution < 1.29 is 25.2 Å². The maximum atomic E-state index is 12.6. The highest BCUT2D eigenvalue weighted by Crippen LogP contribution is 2.19. The topological polar surface area (TPSA) is 110 Å². The van der Waals surface area contributed by atoms with Gasteiger partial charge in [-0.05, 0) is 12.8 Å². The van der Waals surface area contributed by atoms with Crippen molar-refractivity contribution in [3.8, 4) is 0 Å². The van der Waals surface area contributed by atoms with Crippen LogP contribution in [0.3, 0.4) is 0 Å². The minimum atomic E-state index is -1.25. The van der Waals surface area contributed by atoms with Crippen molar-refractivity contribution in [2.45, 2.75) is 366 Å². The molecule has 0 saturated heterocycles. The summed E-state index contributed by atoms with van der Waals surface area (Å²) in [6.45, 7) is 4.10. The summed E-state index contributed by atoms with van der Waals surface area (Å²) in [6, 6.07) is -0.981. The molecule has 0 aliphatic rings. The van der Waals surface area contributed by atoms with E-state index in [1.807, 2.05) is 0 Å². The predicted octanol–water partition coefficient (Wildman–Crippen LogP) is 17.5. The van der Waals surface area contributed by atoms with Gasteiger partial charge < -0.3 is 25.7 Å². The Morgan fingerprint density at radius 3 is 0.738 bits per heavy atom. The summed E-state index contributed by atoms with van der Waals surface area (Å²) in [5, 5.41) is 44.0. The molecule has 0 aliphatic carbocycles. The van der Waals surface area contributed by atoms with E-state index in [2.05, 4.69) is 19.2 Å². The fourth-order valence-corrected chi connectivity index (χ4v) is 9.88. The molecule has 0 aliphatic heterocycles. The third kappa shape index (κ3) is 48.1. The number of carbonyl (C=O) groups excluding carboxylic acids is 1. The van der Waals surface area contributed by atoms with Crippen LogP contribution in [0, 0.1) is 0 Å². The van der Waals surface area contributed by atoms with Crippen molar-refractivity contribution in [2.24, 2.45) is 0 Å². The molecule has 0 fully saturated rings. The van der Waals surface area contributed by atoms with Gasteiger partial charge in [0.25, 0.3) is 0 Å². The van der Waals surface area contributed by atoms with Crippen molar-refractivity contribution in [2.75, 3.05) is 6.61 Å². The van der Waals surface area contributed by atoms with Gasteiger partial charge in [-0.15, -0.1) is 0 Å². The molecule has 1 amide bonds. The first-order chi connectivity index (χ1) is 32.0. The van der Waals surface area contributed by atoms with Gasteiger partial charge >= 0.3 is 0 Å². The van der Waals surface area contributed by atoms with Crippen molar-refractivity contribution in [3.05, 3.63) is 0 Å². The van der Waals surface area contributed by atoms with E-state index in [0.717, 1.165) is 38.5 Å². The summed E-state index contributed by atoms with van der Waals surface area (Å²) in [7, 11) is 0. The SMILES string of the molecule is CCCCCCCCCCCCCCCCCCCCCCCCCCCCCCCCCC(O)C(=O)NC(CO)C(O)C(O)CCCCCCCCCCCCCCCCCCCC. The molecule has 0 saturated carbocycles. The molecular formula is C59H119NO5.